The monoisotopic (exact) mass is 322 g/mol. The van der Waals surface area contributed by atoms with E-state index in [0.29, 0.717) is 0 Å². The molecule has 5 N–H and O–H groups in total. The van der Waals surface area contributed by atoms with Gasteiger partial charge in [0, 0.05) is 0 Å². The van der Waals surface area contributed by atoms with E-state index in [9.17, 15) is 28.6 Å². The molecule has 0 spiro atoms. The molecule has 0 rings (SSSR count). The Balaban J connectivity index is 0. The Labute approximate surface area is 134 Å². The van der Waals surface area contributed by atoms with E-state index in [1.54, 1.807) is 0 Å². The molecule has 0 fully saturated rings. The average molecular weight is 322 g/mol. The molecule has 0 saturated heterocycles. The summed E-state index contributed by atoms with van der Waals surface area (Å²) < 4.78 is 11.8. The van der Waals surface area contributed by atoms with Crippen LogP contribution in [0.2, 0.25) is 0 Å². The predicted molar refractivity (Wildman–Crippen MR) is 64.3 cm³/mol. The van der Waals surface area contributed by atoms with Crippen molar-refractivity contribution < 1.29 is 49.1 Å². The summed E-state index contributed by atoms with van der Waals surface area (Å²) in [6, 6.07) is 0. The van der Waals surface area contributed by atoms with Crippen molar-refractivity contribution >= 4 is 60.8 Å². The fourth-order valence-corrected chi connectivity index (χ4v) is 3.20. The molecular weight excluding hydrogens is 310 g/mol. The van der Waals surface area contributed by atoms with Crippen LogP contribution in [0, 0.1) is 0 Å². The van der Waals surface area contributed by atoms with Crippen LogP contribution in [0.1, 0.15) is 12.8 Å². The molecule has 0 bridgehead atoms. The first kappa shape index (κ1) is 21.4. The summed E-state index contributed by atoms with van der Waals surface area (Å²) in [6.45, 7) is 0. The number of carboxylic acid groups (broad SMARTS) is 4. The van der Waals surface area contributed by atoms with Gasteiger partial charge in [-0.3, -0.25) is 23.7 Å². The second kappa shape index (κ2) is 8.38. The van der Waals surface area contributed by atoms with E-state index in [-0.39, 0.29) is 29.6 Å². The van der Waals surface area contributed by atoms with Crippen molar-refractivity contribution in [3.8, 4) is 0 Å². The van der Waals surface area contributed by atoms with E-state index in [4.69, 9.17) is 20.4 Å². The summed E-state index contributed by atoms with van der Waals surface area (Å²) >= 11 is 0. The Morgan fingerprint density at radius 3 is 1.20 bits per heavy atom. The fraction of sp³-hybridized carbons (Fsp3) is 0.500. The summed E-state index contributed by atoms with van der Waals surface area (Å²) in [4.78, 5) is 51.9. The van der Waals surface area contributed by atoms with Gasteiger partial charge in [0.25, 0.3) is 0 Å². The quantitative estimate of drug-likeness (QED) is 0.259. The van der Waals surface area contributed by atoms with Crippen molar-refractivity contribution in [2.45, 2.75) is 24.2 Å². The number of carboxylic acids is 4. The molecule has 2 unspecified atom stereocenters. The van der Waals surface area contributed by atoms with Gasteiger partial charge >= 0.3 is 53.4 Å². The number of rotatable bonds is 8. The van der Waals surface area contributed by atoms with E-state index < -0.39 is 55.4 Å². The van der Waals surface area contributed by atoms with Crippen LogP contribution in [0.4, 0.5) is 0 Å². The number of hydrogen-bond acceptors (Lipinski definition) is 5. The molecule has 0 aliphatic carbocycles. The van der Waals surface area contributed by atoms with Crippen molar-refractivity contribution in [1.29, 1.82) is 0 Å². The molecule has 12 heteroatoms. The summed E-state index contributed by atoms with van der Waals surface area (Å²) in [5.41, 5.74) is -4.77. The minimum absolute atomic E-state index is 0. The summed E-state index contributed by atoms with van der Waals surface area (Å²) in [6.07, 6.45) is -2.57. The van der Waals surface area contributed by atoms with Crippen LogP contribution in [0.25, 0.3) is 0 Å². The van der Waals surface area contributed by atoms with Crippen LogP contribution in [-0.2, 0) is 23.7 Å². The van der Waals surface area contributed by atoms with Crippen molar-refractivity contribution in [3.05, 3.63) is 0 Å². The first-order valence-corrected chi connectivity index (χ1v) is 6.51. The third-order valence-corrected chi connectivity index (χ3v) is 4.79. The molecule has 20 heavy (non-hydrogen) atoms. The van der Waals surface area contributed by atoms with E-state index in [2.05, 4.69) is 0 Å². The van der Waals surface area contributed by atoms with Gasteiger partial charge in [-0.25, -0.2) is 0 Å². The van der Waals surface area contributed by atoms with E-state index in [1.165, 1.54) is 0 Å². The molecule has 10 nitrogen and oxygen atoms in total. The fourth-order valence-electron chi connectivity index (χ4n) is 1.30. The molecule has 0 saturated carbocycles. The van der Waals surface area contributed by atoms with E-state index >= 15 is 0 Å². The third kappa shape index (κ3) is 6.02. The molecule has 0 aromatic heterocycles. The Bertz CT molecular complexity index is 422. The van der Waals surface area contributed by atoms with Crippen molar-refractivity contribution in [1.82, 2.24) is 0 Å². The molecule has 0 radical (unpaired) electrons. The first-order valence-electron chi connectivity index (χ1n) is 4.71. The number of hydrogen-bond donors (Lipinski definition) is 5. The molecule has 2 atom stereocenters. The van der Waals surface area contributed by atoms with Crippen molar-refractivity contribution in [3.63, 3.8) is 0 Å². The second-order valence-corrected chi connectivity index (χ2v) is 6.17. The number of aliphatic carboxylic acids is 4. The molecule has 0 heterocycles. The van der Waals surface area contributed by atoms with Crippen LogP contribution in [0.5, 0.6) is 0 Å². The van der Waals surface area contributed by atoms with Crippen LogP contribution >= 0.6 is 7.37 Å². The molecule has 0 amide bonds. The van der Waals surface area contributed by atoms with E-state index in [0.717, 1.165) is 0 Å². The Morgan fingerprint density at radius 2 is 1.05 bits per heavy atom. The number of carbonyl (C=O) groups is 4. The second-order valence-electron chi connectivity index (χ2n) is 3.58. The first-order chi connectivity index (χ1) is 8.50. The van der Waals surface area contributed by atoms with Gasteiger partial charge in [-0.2, -0.15) is 0 Å². The van der Waals surface area contributed by atoms with Gasteiger partial charge in [-0.15, -0.1) is 0 Å². The van der Waals surface area contributed by atoms with Crippen molar-refractivity contribution in [2.75, 3.05) is 0 Å². The van der Waals surface area contributed by atoms with Crippen LogP contribution in [0.3, 0.4) is 0 Å². The molecule has 0 aliphatic rings. The van der Waals surface area contributed by atoms with Gasteiger partial charge in [0.2, 0.25) is 7.37 Å². The van der Waals surface area contributed by atoms with Crippen LogP contribution < -0.4 is 0 Å². The van der Waals surface area contributed by atoms with Gasteiger partial charge < -0.3 is 25.3 Å². The summed E-state index contributed by atoms with van der Waals surface area (Å²) in [5, 5.41) is 34.3. The normalized spacial score (nSPS) is 16.1. The van der Waals surface area contributed by atoms with Crippen LogP contribution in [0.15, 0.2) is 0 Å². The maximum atomic E-state index is 11.8. The van der Waals surface area contributed by atoms with Gasteiger partial charge in [0.1, 0.15) is 11.3 Å². The zero-order chi connectivity index (χ0) is 15.4. The average Bonchev–Trinajstić information content (AvgIpc) is 2.20. The Morgan fingerprint density at radius 1 is 0.800 bits per heavy atom. The summed E-state index contributed by atoms with van der Waals surface area (Å²) in [7, 11) is -5.09. The zero-order valence-corrected chi connectivity index (χ0v) is 10.2. The standard InChI is InChI=1S/C8H11O10P.Na.H/c9-5(10)1-3(7(13)14)19(17,18)4(8(15)16)2-6(11)12;;/h3-4H,1-2H2,(H,9,10)(H,11,12)(H,13,14)(H,15,16)(H,17,18);;. The van der Waals surface area contributed by atoms with Gasteiger partial charge in [0.05, 0.1) is 12.8 Å². The summed E-state index contributed by atoms with van der Waals surface area (Å²) in [5.74, 6) is -7.41. The topological polar surface area (TPSA) is 186 Å². The maximum absolute atomic E-state index is 11.8. The zero-order valence-electron chi connectivity index (χ0n) is 9.29. The van der Waals surface area contributed by atoms with E-state index in [1.807, 2.05) is 0 Å². The predicted octanol–water partition coefficient (Wildman–Crippen LogP) is -1.54. The Kier molecular flexibility index (Phi) is 8.95. The van der Waals surface area contributed by atoms with Gasteiger partial charge in [-0.1, -0.05) is 0 Å². The Hall–Kier alpha value is -0.930. The molecule has 0 aliphatic heterocycles. The van der Waals surface area contributed by atoms with Crippen LogP contribution in [-0.4, -0.2) is 90.1 Å². The van der Waals surface area contributed by atoms with Gasteiger partial charge in [-0.05, 0) is 0 Å². The molecule has 0 aromatic rings. The molecule has 0 aromatic carbocycles. The minimum atomic E-state index is -5.09. The third-order valence-electron chi connectivity index (χ3n) is 2.20. The van der Waals surface area contributed by atoms with Gasteiger partial charge in [0.15, 0.2) is 0 Å². The van der Waals surface area contributed by atoms with Crippen molar-refractivity contribution in [2.24, 2.45) is 0 Å². The molecular formula is C8H12NaO10P. The molecule has 110 valence electrons. The SMILES string of the molecule is O=C(O)CC(C(=O)O)P(=O)(O)C(CC(=O)O)C(=O)O.[NaH].